The molecule has 0 amide bonds. The molecule has 0 fully saturated rings. The maximum absolute atomic E-state index is 12.9. The van der Waals surface area contributed by atoms with Gasteiger partial charge in [-0.2, -0.15) is 22.0 Å². The van der Waals surface area contributed by atoms with E-state index in [1.54, 1.807) is 0 Å². The van der Waals surface area contributed by atoms with Crippen LogP contribution in [0.3, 0.4) is 0 Å². The molecule has 0 spiro atoms. The van der Waals surface area contributed by atoms with Crippen LogP contribution in [0.5, 0.6) is 0 Å². The second-order valence-corrected chi connectivity index (χ2v) is 5.50. The molecule has 0 aromatic carbocycles. The van der Waals surface area contributed by atoms with Crippen LogP contribution in [0.2, 0.25) is 0 Å². The molecular weight excluding hydrogens is 325 g/mol. The van der Waals surface area contributed by atoms with Crippen molar-refractivity contribution in [2.75, 3.05) is 0 Å². The van der Waals surface area contributed by atoms with Gasteiger partial charge in [0.2, 0.25) is 0 Å². The Kier molecular flexibility index (Phi) is 10.0. The van der Waals surface area contributed by atoms with Gasteiger partial charge in [0, 0.05) is 6.42 Å². The van der Waals surface area contributed by atoms with E-state index in [9.17, 15) is 39.3 Å². The molecule has 1 atom stereocenters. The monoisotopic (exact) mass is 338 g/mol. The third-order valence-electron chi connectivity index (χ3n) is 2.37. The molecule has 0 aromatic heterocycles. The molecule has 0 saturated carbocycles. The summed E-state index contributed by atoms with van der Waals surface area (Å²) < 4.78 is 103. The molecule has 0 radical (unpaired) electrons. The van der Waals surface area contributed by atoms with E-state index >= 15 is 0 Å². The topological polar surface area (TPSA) is 57.2 Å². The summed E-state index contributed by atoms with van der Waals surface area (Å²) in [7, 11) is -6.08. The van der Waals surface area contributed by atoms with Crippen LogP contribution in [0.4, 0.5) is 26.3 Å². The Morgan fingerprint density at radius 2 is 1.40 bits per heavy atom. The Morgan fingerprint density at radius 1 is 0.950 bits per heavy atom. The van der Waals surface area contributed by atoms with Crippen LogP contribution in [0, 0.1) is 0 Å². The first-order valence-corrected chi connectivity index (χ1v) is 6.83. The molecule has 0 bridgehead atoms. The van der Waals surface area contributed by atoms with Gasteiger partial charge in [-0.3, -0.25) is 0 Å². The van der Waals surface area contributed by atoms with E-state index in [0.29, 0.717) is 0 Å². The smallest absolute Gasteiger partial charge is 0.743 e. The van der Waals surface area contributed by atoms with Crippen LogP contribution >= 0.6 is 0 Å². The van der Waals surface area contributed by atoms with Gasteiger partial charge in [-0.25, -0.2) is 12.8 Å². The molecule has 0 saturated heterocycles. The summed E-state index contributed by atoms with van der Waals surface area (Å²) in [6.07, 6.45) is -9.67. The number of hydrogen-bond acceptors (Lipinski definition) is 3. The van der Waals surface area contributed by atoms with E-state index in [1.165, 1.54) is 0 Å². The zero-order valence-corrected chi connectivity index (χ0v) is 13.5. The summed E-state index contributed by atoms with van der Waals surface area (Å²) >= 11 is 0. The maximum atomic E-state index is 12.9. The molecule has 20 heavy (non-hydrogen) atoms. The number of rotatable bonds is 8. The van der Waals surface area contributed by atoms with Gasteiger partial charge in [-0.05, 0) is 12.8 Å². The fourth-order valence-electron chi connectivity index (χ4n) is 1.33. The molecule has 0 N–H and O–H groups in total. The standard InChI is InChI=1S/C9H14F6O3S.Na/c10-7(9(14,15)19(16,17)18)5-3-1-2-4-6-8(11,12)13;/h7H,1-6H2,(H,16,17,18);/q;+1/p-1. The summed E-state index contributed by atoms with van der Waals surface area (Å²) in [6.45, 7) is 0. The van der Waals surface area contributed by atoms with Crippen molar-refractivity contribution in [3.63, 3.8) is 0 Å². The van der Waals surface area contributed by atoms with Crippen molar-refractivity contribution in [2.45, 2.75) is 56.1 Å². The van der Waals surface area contributed by atoms with Crippen molar-refractivity contribution in [2.24, 2.45) is 0 Å². The van der Waals surface area contributed by atoms with Gasteiger partial charge in [-0.1, -0.05) is 19.3 Å². The largest absolute Gasteiger partial charge is 1.00 e. The number of alkyl halides is 6. The van der Waals surface area contributed by atoms with Crippen LogP contribution in [0.25, 0.3) is 0 Å². The predicted octanol–water partition coefficient (Wildman–Crippen LogP) is 0.369. The summed E-state index contributed by atoms with van der Waals surface area (Å²) in [5.41, 5.74) is 0. The van der Waals surface area contributed by atoms with Crippen LogP contribution < -0.4 is 29.6 Å². The SMILES string of the molecule is O=S(=O)([O-])C(F)(F)C(F)CCCCCCC(F)(F)F.[Na+]. The van der Waals surface area contributed by atoms with Gasteiger partial charge < -0.3 is 4.55 Å². The molecule has 0 aliphatic rings. The Hall–Kier alpha value is 0.490. The zero-order chi connectivity index (χ0) is 15.3. The first-order chi connectivity index (χ1) is 8.38. The van der Waals surface area contributed by atoms with Crippen LogP contribution in [0.15, 0.2) is 0 Å². The van der Waals surface area contributed by atoms with Gasteiger partial charge in [0.1, 0.15) is 0 Å². The quantitative estimate of drug-likeness (QED) is 0.278. The predicted molar refractivity (Wildman–Crippen MR) is 53.3 cm³/mol. The number of unbranched alkanes of at least 4 members (excludes halogenated alkanes) is 3. The molecule has 11 heteroatoms. The normalized spacial score (nSPS) is 14.8. The molecule has 1 unspecified atom stereocenters. The van der Waals surface area contributed by atoms with E-state index in [4.69, 9.17) is 0 Å². The minimum absolute atomic E-state index is 0. The molecule has 0 aliphatic carbocycles. The van der Waals surface area contributed by atoms with E-state index in [1.807, 2.05) is 0 Å². The third kappa shape index (κ3) is 8.71. The first-order valence-electron chi connectivity index (χ1n) is 5.42. The summed E-state index contributed by atoms with van der Waals surface area (Å²) in [4.78, 5) is 0. The third-order valence-corrected chi connectivity index (χ3v) is 3.29. The second-order valence-electron chi connectivity index (χ2n) is 4.05. The average molecular weight is 338 g/mol. The Bertz CT molecular complexity index is 370. The molecular formula is C9H13F6NaO3S. The first kappa shape index (κ1) is 22.8. The van der Waals surface area contributed by atoms with Crippen molar-refractivity contribution in [3.8, 4) is 0 Å². The Labute approximate surface area is 135 Å². The molecule has 0 aromatic rings. The minimum Gasteiger partial charge on any atom is -0.743 e. The average Bonchev–Trinajstić information content (AvgIpc) is 2.19. The Morgan fingerprint density at radius 3 is 1.80 bits per heavy atom. The van der Waals surface area contributed by atoms with E-state index in [2.05, 4.69) is 0 Å². The molecule has 116 valence electrons. The minimum atomic E-state index is -6.08. The summed E-state index contributed by atoms with van der Waals surface area (Å²) in [5, 5.41) is -5.00. The van der Waals surface area contributed by atoms with E-state index in [0.717, 1.165) is 0 Å². The van der Waals surface area contributed by atoms with Crippen molar-refractivity contribution in [1.29, 1.82) is 0 Å². The van der Waals surface area contributed by atoms with Crippen molar-refractivity contribution >= 4 is 10.1 Å². The van der Waals surface area contributed by atoms with Gasteiger partial charge in [0.05, 0.1) is 0 Å². The summed E-state index contributed by atoms with van der Waals surface area (Å²) in [6, 6.07) is 0. The molecule has 3 nitrogen and oxygen atoms in total. The number of halogens is 6. The Balaban J connectivity index is 0. The fourth-order valence-corrected chi connectivity index (χ4v) is 1.76. The van der Waals surface area contributed by atoms with Gasteiger partial charge >= 0.3 is 41.0 Å². The molecule has 0 heterocycles. The van der Waals surface area contributed by atoms with Crippen LogP contribution in [-0.4, -0.2) is 30.6 Å². The number of hydrogen-bond donors (Lipinski definition) is 0. The summed E-state index contributed by atoms with van der Waals surface area (Å²) in [5.74, 6) is 0. The van der Waals surface area contributed by atoms with Gasteiger partial charge in [0.25, 0.3) is 0 Å². The van der Waals surface area contributed by atoms with Crippen molar-refractivity contribution in [3.05, 3.63) is 0 Å². The van der Waals surface area contributed by atoms with Crippen molar-refractivity contribution < 1.29 is 68.9 Å². The van der Waals surface area contributed by atoms with Crippen molar-refractivity contribution in [1.82, 2.24) is 0 Å². The van der Waals surface area contributed by atoms with Crippen LogP contribution in [-0.2, 0) is 10.1 Å². The van der Waals surface area contributed by atoms with E-state index in [-0.39, 0.29) is 55.2 Å². The molecule has 0 aliphatic heterocycles. The maximum Gasteiger partial charge on any atom is 1.00 e. The molecule has 0 rings (SSSR count). The van der Waals surface area contributed by atoms with Crippen LogP contribution in [0.1, 0.15) is 38.5 Å². The van der Waals surface area contributed by atoms with Gasteiger partial charge in [-0.15, -0.1) is 0 Å². The van der Waals surface area contributed by atoms with Gasteiger partial charge in [0.15, 0.2) is 16.3 Å². The zero-order valence-electron chi connectivity index (χ0n) is 10.7. The van der Waals surface area contributed by atoms with E-state index < -0.39 is 40.6 Å². The second kappa shape index (κ2) is 8.82. The fraction of sp³-hybridized carbons (Fsp3) is 1.00.